The van der Waals surface area contributed by atoms with E-state index in [-0.39, 0.29) is 19.3 Å². The van der Waals surface area contributed by atoms with E-state index in [2.05, 4.69) is 0 Å². The first-order valence-corrected chi connectivity index (χ1v) is 7.04. The van der Waals surface area contributed by atoms with Crippen molar-refractivity contribution in [2.24, 2.45) is 5.41 Å². The Morgan fingerprint density at radius 3 is 1.71 bits per heavy atom. The van der Waals surface area contributed by atoms with Gasteiger partial charge in [0.1, 0.15) is 0 Å². The molecule has 134 valence electrons. The number of carbonyl (C=O) groups is 1. The summed E-state index contributed by atoms with van der Waals surface area (Å²) in [7, 11) is 0. The molecule has 0 saturated carbocycles. The highest BCUT2D eigenvalue weighted by Gasteiger charge is 2.37. The maximum absolute atomic E-state index is 11.7. The van der Waals surface area contributed by atoms with Crippen molar-refractivity contribution in [3.05, 3.63) is 37.0 Å². The number of aromatic nitrogens is 3. The second-order valence-corrected chi connectivity index (χ2v) is 5.11. The smallest absolute Gasteiger partial charge is 0.337 e. The summed E-state index contributed by atoms with van der Waals surface area (Å²) in [5, 5.41) is 37.2. The zero-order chi connectivity index (χ0) is 18.3. The van der Waals surface area contributed by atoms with Gasteiger partial charge in [0, 0.05) is 31.4 Å². The molecule has 0 spiro atoms. The van der Waals surface area contributed by atoms with Crippen molar-refractivity contribution in [3.8, 4) is 0 Å². The van der Waals surface area contributed by atoms with Crippen LogP contribution in [0.5, 0.6) is 0 Å². The van der Waals surface area contributed by atoms with Crippen LogP contribution in [0.15, 0.2) is 20.0 Å². The molecule has 0 fully saturated rings. The van der Waals surface area contributed by atoms with Crippen molar-refractivity contribution in [2.75, 3.05) is 19.8 Å². The van der Waals surface area contributed by atoms with Gasteiger partial charge >= 0.3 is 23.0 Å². The second-order valence-electron chi connectivity index (χ2n) is 5.11. The number of carboxylic acid groups (broad SMARTS) is 1. The first-order chi connectivity index (χ1) is 11.3. The first kappa shape index (κ1) is 19.5. The van der Waals surface area contributed by atoms with Crippen LogP contribution in [0.2, 0.25) is 0 Å². The van der Waals surface area contributed by atoms with Gasteiger partial charge in [-0.3, -0.25) is 9.97 Å². The zero-order valence-electron chi connectivity index (χ0n) is 12.7. The number of aliphatic hydroxyl groups excluding tert-OH is 3. The summed E-state index contributed by atoms with van der Waals surface area (Å²) >= 11 is 0. The van der Waals surface area contributed by atoms with E-state index in [0.717, 1.165) is 6.20 Å². The molecule has 1 aromatic rings. The molecule has 0 aromatic carbocycles. The lowest BCUT2D eigenvalue weighted by molar-refractivity contribution is -0.134. The minimum atomic E-state index is -1.50. The Bertz CT molecular complexity index is 721. The van der Waals surface area contributed by atoms with Crippen molar-refractivity contribution in [3.63, 3.8) is 0 Å². The average Bonchev–Trinajstić information content (AvgIpc) is 2.46. The maximum Gasteiger partial charge on any atom is 0.337 e. The number of hydrogen-bond donors (Lipinski definition) is 6. The van der Waals surface area contributed by atoms with Crippen LogP contribution >= 0.6 is 0 Å². The summed E-state index contributed by atoms with van der Waals surface area (Å²) in [6, 6.07) is 0. The van der Waals surface area contributed by atoms with Crippen molar-refractivity contribution < 1.29 is 25.2 Å². The van der Waals surface area contributed by atoms with Crippen LogP contribution in [0.4, 0.5) is 0 Å². The Kier molecular flexibility index (Phi) is 6.82. The summed E-state index contributed by atoms with van der Waals surface area (Å²) in [4.78, 5) is 49.7. The molecule has 0 bridgehead atoms. The maximum atomic E-state index is 11.7. The Morgan fingerprint density at radius 1 is 0.958 bits per heavy atom. The number of aliphatic carboxylic acids is 1. The number of aromatic amines is 2. The van der Waals surface area contributed by atoms with Gasteiger partial charge in [-0.1, -0.05) is 0 Å². The summed E-state index contributed by atoms with van der Waals surface area (Å²) in [5.74, 6) is -1.50. The number of hydrogen-bond acceptors (Lipinski definition) is 7. The minimum absolute atomic E-state index is 0.123. The highest BCUT2D eigenvalue weighted by molar-refractivity contribution is 5.91. The van der Waals surface area contributed by atoms with E-state index < -0.39 is 53.8 Å². The van der Waals surface area contributed by atoms with Crippen LogP contribution in [0.1, 0.15) is 19.3 Å². The highest BCUT2D eigenvalue weighted by atomic mass is 16.4. The molecule has 0 atom stereocenters. The summed E-state index contributed by atoms with van der Waals surface area (Å²) in [6.07, 6.45) is 0.354. The molecule has 1 aromatic heterocycles. The molecule has 0 aliphatic heterocycles. The van der Waals surface area contributed by atoms with Gasteiger partial charge < -0.3 is 20.4 Å². The molecule has 0 aliphatic rings. The predicted octanol–water partition coefficient (Wildman–Crippen LogP) is -2.72. The molecule has 0 saturated heterocycles. The number of H-pyrrole nitrogens is 2. The van der Waals surface area contributed by atoms with Gasteiger partial charge in [-0.25, -0.2) is 23.7 Å². The van der Waals surface area contributed by atoms with Crippen LogP contribution < -0.4 is 17.1 Å². The molecule has 11 heteroatoms. The van der Waals surface area contributed by atoms with Crippen molar-refractivity contribution in [1.29, 1.82) is 0 Å². The molecule has 0 amide bonds. The molecule has 1 heterocycles. The van der Waals surface area contributed by atoms with Gasteiger partial charge in [0.05, 0.1) is 5.57 Å². The number of nitrogens with one attached hydrogen (secondary N) is 2. The molecule has 0 unspecified atom stereocenters. The molecule has 6 N–H and O–H groups in total. The second kappa shape index (κ2) is 8.38. The third-order valence-corrected chi connectivity index (χ3v) is 3.71. The van der Waals surface area contributed by atoms with E-state index in [9.17, 15) is 39.6 Å². The van der Waals surface area contributed by atoms with Crippen LogP contribution in [-0.2, 0) is 4.79 Å². The third-order valence-electron chi connectivity index (χ3n) is 3.71. The van der Waals surface area contributed by atoms with Crippen LogP contribution in [0.3, 0.4) is 0 Å². The number of aliphatic hydroxyl groups is 3. The van der Waals surface area contributed by atoms with Gasteiger partial charge in [0.15, 0.2) is 0 Å². The Balaban J connectivity index is 3.65. The summed E-state index contributed by atoms with van der Waals surface area (Å²) in [6.45, 7) is -1.33. The molecule has 0 aliphatic carbocycles. The Morgan fingerprint density at radius 2 is 1.38 bits per heavy atom. The van der Waals surface area contributed by atoms with Crippen LogP contribution in [0, 0.1) is 5.41 Å². The average molecular weight is 345 g/mol. The summed E-state index contributed by atoms with van der Waals surface area (Å²) < 4.78 is 0.367. The van der Waals surface area contributed by atoms with E-state index in [1.165, 1.54) is 0 Å². The van der Waals surface area contributed by atoms with E-state index >= 15 is 0 Å². The molecule has 0 radical (unpaired) electrons. The SMILES string of the molecule is O=C(O)C(=Cn1c(=O)[nH]c(=O)[nH]c1=O)C(CCO)(CCO)CCO. The fourth-order valence-corrected chi connectivity index (χ4v) is 2.52. The Hall–Kier alpha value is -2.50. The quantitative estimate of drug-likeness (QED) is 0.261. The monoisotopic (exact) mass is 345 g/mol. The highest BCUT2D eigenvalue weighted by Crippen LogP contribution is 2.39. The van der Waals surface area contributed by atoms with Crippen molar-refractivity contribution in [1.82, 2.24) is 14.5 Å². The topological polar surface area (TPSA) is 186 Å². The summed E-state index contributed by atoms with van der Waals surface area (Å²) in [5.41, 5.74) is -5.16. The zero-order valence-corrected chi connectivity index (χ0v) is 12.7. The van der Waals surface area contributed by atoms with Crippen LogP contribution in [0.25, 0.3) is 6.20 Å². The lowest BCUT2D eigenvalue weighted by Crippen LogP contribution is -2.42. The number of nitrogens with zero attached hydrogens (tertiary/aromatic N) is 1. The largest absolute Gasteiger partial charge is 0.478 e. The minimum Gasteiger partial charge on any atom is -0.478 e. The van der Waals surface area contributed by atoms with Gasteiger partial charge in [0.25, 0.3) is 0 Å². The van der Waals surface area contributed by atoms with Gasteiger partial charge in [0.2, 0.25) is 0 Å². The third kappa shape index (κ3) is 4.28. The lowest BCUT2D eigenvalue weighted by Gasteiger charge is -2.33. The molecular formula is C13H19N3O8. The number of rotatable bonds is 9. The Labute approximate surface area is 134 Å². The van der Waals surface area contributed by atoms with Gasteiger partial charge in [-0.2, -0.15) is 0 Å². The van der Waals surface area contributed by atoms with Gasteiger partial charge in [-0.05, 0) is 19.3 Å². The van der Waals surface area contributed by atoms with Crippen molar-refractivity contribution >= 4 is 12.2 Å². The molecule has 24 heavy (non-hydrogen) atoms. The van der Waals surface area contributed by atoms with Gasteiger partial charge in [-0.15, -0.1) is 0 Å². The standard InChI is InChI=1S/C13H19N3O8/c17-4-1-13(2-5-18,3-6-19)8(9(20)21)7-16-11(23)14-10(22)15-12(16)24/h7,17-19H,1-6H2,(H,20,21)(H2,14,15,22,23,24). The predicted molar refractivity (Wildman–Crippen MR) is 81.4 cm³/mol. The normalized spacial score (nSPS) is 12.4. The number of carboxylic acids is 1. The molecule has 11 nitrogen and oxygen atoms in total. The lowest BCUT2D eigenvalue weighted by atomic mass is 9.72. The van der Waals surface area contributed by atoms with Crippen molar-refractivity contribution in [2.45, 2.75) is 19.3 Å². The fourth-order valence-electron chi connectivity index (χ4n) is 2.52. The van der Waals surface area contributed by atoms with E-state index in [1.807, 2.05) is 0 Å². The molecule has 1 rings (SSSR count). The fraction of sp³-hybridized carbons (Fsp3) is 0.538. The van der Waals surface area contributed by atoms with E-state index in [4.69, 9.17) is 0 Å². The van der Waals surface area contributed by atoms with E-state index in [1.54, 1.807) is 9.97 Å². The van der Waals surface area contributed by atoms with E-state index in [0.29, 0.717) is 4.57 Å². The van der Waals surface area contributed by atoms with Crippen LogP contribution in [-0.4, -0.2) is 60.8 Å². The first-order valence-electron chi connectivity index (χ1n) is 7.04. The molecular weight excluding hydrogens is 326 g/mol.